The van der Waals surface area contributed by atoms with Crippen molar-refractivity contribution >= 4 is 18.9 Å². The highest BCUT2D eigenvalue weighted by molar-refractivity contribution is 7.15. The normalized spacial score (nSPS) is 33.3. The van der Waals surface area contributed by atoms with Crippen LogP contribution < -0.4 is 0 Å². The van der Waals surface area contributed by atoms with E-state index in [1.165, 1.54) is 5.56 Å². The molecule has 0 bridgehead atoms. The van der Waals surface area contributed by atoms with Gasteiger partial charge < -0.3 is 4.43 Å². The van der Waals surface area contributed by atoms with Crippen LogP contribution in [0, 0.1) is 0 Å². The van der Waals surface area contributed by atoms with E-state index in [1.807, 2.05) is 31.2 Å². The number of benzene rings is 1. The molecular formula is C14H20ClNOSi. The van der Waals surface area contributed by atoms with Crippen molar-refractivity contribution < 1.29 is 4.43 Å². The van der Waals surface area contributed by atoms with Crippen LogP contribution in [-0.2, 0) is 4.43 Å². The number of allylic oxidation sites excluding steroid dienone is 2. The van der Waals surface area contributed by atoms with Crippen LogP contribution in [0.1, 0.15) is 25.5 Å². The molecule has 1 aromatic rings. The summed E-state index contributed by atoms with van der Waals surface area (Å²) < 4.78 is 8.48. The Hall–Kier alpha value is -0.613. The van der Waals surface area contributed by atoms with Crippen LogP contribution in [0.15, 0.2) is 42.5 Å². The van der Waals surface area contributed by atoms with Crippen LogP contribution in [-0.4, -0.2) is 25.4 Å². The maximum atomic E-state index is 6.73. The molecule has 0 saturated carbocycles. The molecule has 1 saturated heterocycles. The van der Waals surface area contributed by atoms with Crippen molar-refractivity contribution in [2.24, 2.45) is 0 Å². The van der Waals surface area contributed by atoms with E-state index in [2.05, 4.69) is 36.7 Å². The highest BCUT2D eigenvalue weighted by atomic mass is 35.6. The summed E-state index contributed by atoms with van der Waals surface area (Å²) in [5.41, 5.74) is 1.22. The quantitative estimate of drug-likeness (QED) is 0.474. The molecule has 3 atom stereocenters. The number of halogens is 1. The average molecular weight is 282 g/mol. The number of likely N-dealkylation sites (N-methyl/N-ethyl adjacent to an activating group) is 1. The van der Waals surface area contributed by atoms with E-state index in [0.29, 0.717) is 6.04 Å². The van der Waals surface area contributed by atoms with Crippen molar-refractivity contribution in [1.29, 1.82) is 0 Å². The van der Waals surface area contributed by atoms with Gasteiger partial charge in [-0.2, -0.15) is 0 Å². The van der Waals surface area contributed by atoms with Gasteiger partial charge in [0.2, 0.25) is 0 Å². The molecule has 98 valence electrons. The fourth-order valence-electron chi connectivity index (χ4n) is 2.33. The van der Waals surface area contributed by atoms with Crippen LogP contribution in [0.3, 0.4) is 0 Å². The zero-order chi connectivity index (χ0) is 13.2. The predicted octanol–water partition coefficient (Wildman–Crippen LogP) is 3.83. The van der Waals surface area contributed by atoms with E-state index in [1.54, 1.807) is 0 Å². The summed E-state index contributed by atoms with van der Waals surface area (Å²) in [6.45, 7) is 4.20. The lowest BCUT2D eigenvalue weighted by Crippen LogP contribution is -2.44. The van der Waals surface area contributed by atoms with Crippen LogP contribution >= 0.6 is 11.1 Å². The van der Waals surface area contributed by atoms with Gasteiger partial charge in [0, 0.05) is 12.1 Å². The van der Waals surface area contributed by atoms with Gasteiger partial charge in [-0.3, -0.25) is 4.57 Å². The first-order chi connectivity index (χ1) is 8.58. The van der Waals surface area contributed by atoms with Gasteiger partial charge in [-0.05, 0) is 26.5 Å². The summed E-state index contributed by atoms with van der Waals surface area (Å²) in [4.78, 5) is 0. The first-order valence-corrected chi connectivity index (χ1v) is 9.41. The lowest BCUT2D eigenvalue weighted by atomic mass is 10.0. The standard InChI is InChI=1S/C14H20ClNOSi/c1-4-5-11-18(15)16(3)12(2)14(17-18)13-9-7-6-8-10-13/h4-10,12,14H,11H2,1-3H3. The second kappa shape index (κ2) is 5.57. The monoisotopic (exact) mass is 281 g/mol. The van der Waals surface area contributed by atoms with E-state index in [4.69, 9.17) is 15.5 Å². The Balaban J connectivity index is 2.22. The topological polar surface area (TPSA) is 12.5 Å². The Kier molecular flexibility index (Phi) is 4.28. The third-order valence-electron chi connectivity index (χ3n) is 3.62. The van der Waals surface area contributed by atoms with E-state index >= 15 is 0 Å². The van der Waals surface area contributed by atoms with Crippen molar-refractivity contribution in [3.05, 3.63) is 48.0 Å². The second-order valence-corrected chi connectivity index (χ2v) is 9.26. The zero-order valence-electron chi connectivity index (χ0n) is 11.1. The molecule has 0 aliphatic carbocycles. The van der Waals surface area contributed by atoms with Crippen LogP contribution in [0.5, 0.6) is 0 Å². The maximum absolute atomic E-state index is 6.73. The van der Waals surface area contributed by atoms with Gasteiger partial charge in [-0.1, -0.05) is 42.5 Å². The molecule has 2 rings (SSSR count). The smallest absolute Gasteiger partial charge is 0.377 e. The van der Waals surface area contributed by atoms with E-state index in [0.717, 1.165) is 6.04 Å². The molecule has 2 nitrogen and oxygen atoms in total. The minimum atomic E-state index is -2.30. The lowest BCUT2D eigenvalue weighted by Gasteiger charge is -2.25. The molecule has 0 aromatic heterocycles. The molecule has 1 aliphatic heterocycles. The minimum Gasteiger partial charge on any atom is -0.383 e. The van der Waals surface area contributed by atoms with Gasteiger partial charge in [0.25, 0.3) is 0 Å². The molecule has 0 N–H and O–H groups in total. The third-order valence-corrected chi connectivity index (χ3v) is 7.96. The Morgan fingerprint density at radius 3 is 2.67 bits per heavy atom. The van der Waals surface area contributed by atoms with E-state index in [-0.39, 0.29) is 6.10 Å². The molecule has 1 fully saturated rings. The molecule has 1 aromatic carbocycles. The fourth-order valence-corrected chi connectivity index (χ4v) is 5.89. The summed E-state index contributed by atoms with van der Waals surface area (Å²) in [6.07, 6.45) is 4.23. The summed E-state index contributed by atoms with van der Waals surface area (Å²) in [5, 5.41) is 0. The van der Waals surface area contributed by atoms with Gasteiger partial charge in [0.1, 0.15) is 0 Å². The maximum Gasteiger partial charge on any atom is 0.377 e. The van der Waals surface area contributed by atoms with Crippen LogP contribution in [0.25, 0.3) is 0 Å². The second-order valence-electron chi connectivity index (χ2n) is 4.76. The molecule has 1 aliphatic rings. The van der Waals surface area contributed by atoms with Gasteiger partial charge in [0.05, 0.1) is 6.10 Å². The molecule has 18 heavy (non-hydrogen) atoms. The van der Waals surface area contributed by atoms with Crippen molar-refractivity contribution in [1.82, 2.24) is 4.57 Å². The highest BCUT2D eigenvalue weighted by Crippen LogP contribution is 2.41. The Morgan fingerprint density at radius 1 is 1.39 bits per heavy atom. The average Bonchev–Trinajstić information content (AvgIpc) is 2.63. The number of hydrogen-bond donors (Lipinski definition) is 0. The molecule has 1 heterocycles. The van der Waals surface area contributed by atoms with Crippen molar-refractivity contribution in [2.45, 2.75) is 32.0 Å². The molecule has 4 heteroatoms. The Labute approximate surface area is 115 Å². The Morgan fingerprint density at radius 2 is 2.06 bits per heavy atom. The summed E-state index contributed by atoms with van der Waals surface area (Å²) >= 11 is 6.73. The summed E-state index contributed by atoms with van der Waals surface area (Å²) in [6, 6.07) is 11.5. The molecule has 3 unspecified atom stereocenters. The zero-order valence-corrected chi connectivity index (χ0v) is 12.9. The first kappa shape index (κ1) is 13.8. The summed E-state index contributed by atoms with van der Waals surface area (Å²) in [7, 11) is -0.221. The number of hydrogen-bond acceptors (Lipinski definition) is 2. The van der Waals surface area contributed by atoms with Gasteiger partial charge in [0.15, 0.2) is 0 Å². The number of rotatable bonds is 3. The molecule has 0 radical (unpaired) electrons. The van der Waals surface area contributed by atoms with Crippen molar-refractivity contribution in [2.75, 3.05) is 7.05 Å². The molecule has 0 spiro atoms. The minimum absolute atomic E-state index is 0.0885. The number of nitrogens with zero attached hydrogens (tertiary/aromatic N) is 1. The lowest BCUT2D eigenvalue weighted by molar-refractivity contribution is 0.207. The van der Waals surface area contributed by atoms with Crippen LogP contribution in [0.2, 0.25) is 6.04 Å². The van der Waals surface area contributed by atoms with Gasteiger partial charge in [-0.25, -0.2) is 0 Å². The highest BCUT2D eigenvalue weighted by Gasteiger charge is 2.51. The largest absolute Gasteiger partial charge is 0.383 e. The molecule has 0 amide bonds. The fraction of sp³-hybridized carbons (Fsp3) is 0.429. The molecular weight excluding hydrogens is 262 g/mol. The van der Waals surface area contributed by atoms with E-state index < -0.39 is 7.79 Å². The van der Waals surface area contributed by atoms with Gasteiger partial charge in [-0.15, -0.1) is 11.1 Å². The first-order valence-electron chi connectivity index (χ1n) is 6.34. The van der Waals surface area contributed by atoms with Crippen molar-refractivity contribution in [3.63, 3.8) is 0 Å². The van der Waals surface area contributed by atoms with Gasteiger partial charge >= 0.3 is 7.79 Å². The summed E-state index contributed by atoms with van der Waals surface area (Å²) in [5.74, 6) is 0. The third kappa shape index (κ3) is 2.54. The predicted molar refractivity (Wildman–Crippen MR) is 78.7 cm³/mol. The Bertz CT molecular complexity index is 425. The van der Waals surface area contributed by atoms with E-state index in [9.17, 15) is 0 Å². The SMILES string of the molecule is CC=CC[Si]1(Cl)OC(c2ccccc2)C(C)N1C. The van der Waals surface area contributed by atoms with Crippen LogP contribution in [0.4, 0.5) is 0 Å². The van der Waals surface area contributed by atoms with Crippen molar-refractivity contribution in [3.8, 4) is 0 Å².